The molecular formula is C15H20N4O3. The third-order valence-electron chi connectivity index (χ3n) is 3.31. The molecule has 118 valence electrons. The van der Waals surface area contributed by atoms with Crippen molar-refractivity contribution in [3.8, 4) is 0 Å². The van der Waals surface area contributed by atoms with E-state index in [1.165, 1.54) is 6.92 Å². The summed E-state index contributed by atoms with van der Waals surface area (Å²) < 4.78 is 0. The Labute approximate surface area is 129 Å². The molecule has 1 aromatic rings. The van der Waals surface area contributed by atoms with Crippen LogP contribution in [0.25, 0.3) is 0 Å². The van der Waals surface area contributed by atoms with Crippen molar-refractivity contribution in [2.75, 3.05) is 24.5 Å². The second-order valence-electron chi connectivity index (χ2n) is 5.12. The summed E-state index contributed by atoms with van der Waals surface area (Å²) in [6.45, 7) is 2.60. The van der Waals surface area contributed by atoms with E-state index in [1.54, 1.807) is 4.90 Å². The van der Waals surface area contributed by atoms with Gasteiger partial charge in [0.15, 0.2) is 0 Å². The first-order valence-electron chi connectivity index (χ1n) is 7.20. The van der Waals surface area contributed by atoms with Crippen molar-refractivity contribution in [3.05, 3.63) is 30.3 Å². The summed E-state index contributed by atoms with van der Waals surface area (Å²) in [6, 6.07) is 8.83. The van der Waals surface area contributed by atoms with Crippen molar-refractivity contribution in [2.24, 2.45) is 0 Å². The van der Waals surface area contributed by atoms with Crippen molar-refractivity contribution in [1.29, 1.82) is 0 Å². The molecular weight excluding hydrogens is 284 g/mol. The normalized spacial score (nSPS) is 17.2. The number of urea groups is 1. The van der Waals surface area contributed by atoms with Crippen LogP contribution in [-0.4, -0.2) is 43.5 Å². The minimum Gasteiger partial charge on any atom is -0.355 e. The first-order valence-corrected chi connectivity index (χ1v) is 7.20. The molecule has 1 aliphatic heterocycles. The van der Waals surface area contributed by atoms with Crippen molar-refractivity contribution in [2.45, 2.75) is 19.4 Å². The fourth-order valence-corrected chi connectivity index (χ4v) is 2.31. The van der Waals surface area contributed by atoms with Crippen LogP contribution in [0.15, 0.2) is 30.3 Å². The molecule has 4 amide bonds. The van der Waals surface area contributed by atoms with E-state index in [0.29, 0.717) is 19.6 Å². The zero-order valence-corrected chi connectivity index (χ0v) is 12.5. The zero-order chi connectivity index (χ0) is 15.9. The summed E-state index contributed by atoms with van der Waals surface area (Å²) in [5, 5.41) is 8.00. The van der Waals surface area contributed by atoms with E-state index < -0.39 is 0 Å². The molecule has 1 fully saturated rings. The van der Waals surface area contributed by atoms with Crippen LogP contribution in [0, 0.1) is 0 Å². The Hall–Kier alpha value is -2.57. The minimum absolute atomic E-state index is 0.00486. The monoisotopic (exact) mass is 304 g/mol. The highest BCUT2D eigenvalue weighted by Gasteiger charge is 2.31. The molecule has 1 aromatic carbocycles. The van der Waals surface area contributed by atoms with Crippen molar-refractivity contribution in [3.63, 3.8) is 0 Å². The number of carbonyl (C=O) groups excluding carboxylic acids is 3. The average molecular weight is 304 g/mol. The third kappa shape index (κ3) is 4.47. The number of para-hydroxylation sites is 1. The number of hydrogen-bond donors (Lipinski definition) is 3. The van der Waals surface area contributed by atoms with Crippen LogP contribution in [0.5, 0.6) is 0 Å². The van der Waals surface area contributed by atoms with Gasteiger partial charge in [0.1, 0.15) is 0 Å². The Morgan fingerprint density at radius 1 is 1.18 bits per heavy atom. The molecule has 0 saturated carbocycles. The molecule has 1 saturated heterocycles. The first kappa shape index (κ1) is 15.8. The fourth-order valence-electron chi connectivity index (χ4n) is 2.31. The van der Waals surface area contributed by atoms with Gasteiger partial charge in [-0.25, -0.2) is 4.79 Å². The smallest absolute Gasteiger partial charge is 0.315 e. The minimum atomic E-state index is -0.335. The van der Waals surface area contributed by atoms with Crippen LogP contribution in [0.3, 0.4) is 0 Å². The van der Waals surface area contributed by atoms with Gasteiger partial charge in [0.2, 0.25) is 11.8 Å². The van der Waals surface area contributed by atoms with Crippen LogP contribution in [0.1, 0.15) is 13.3 Å². The SMILES string of the molecule is CC(=O)NCCNC(=O)N[C@@H]1CC(=O)N(c2ccccc2)C1. The molecule has 3 N–H and O–H groups in total. The van der Waals surface area contributed by atoms with Gasteiger partial charge in [-0.1, -0.05) is 18.2 Å². The predicted octanol–water partition coefficient (Wildman–Crippen LogP) is 0.227. The molecule has 0 radical (unpaired) electrons. The first-order chi connectivity index (χ1) is 10.6. The second-order valence-corrected chi connectivity index (χ2v) is 5.12. The molecule has 0 bridgehead atoms. The molecule has 1 heterocycles. The van der Waals surface area contributed by atoms with Crippen LogP contribution >= 0.6 is 0 Å². The van der Waals surface area contributed by atoms with Crippen molar-refractivity contribution >= 4 is 23.5 Å². The Morgan fingerprint density at radius 3 is 2.55 bits per heavy atom. The molecule has 0 unspecified atom stereocenters. The average Bonchev–Trinajstić information content (AvgIpc) is 2.85. The van der Waals surface area contributed by atoms with E-state index in [9.17, 15) is 14.4 Å². The van der Waals surface area contributed by atoms with E-state index in [4.69, 9.17) is 0 Å². The van der Waals surface area contributed by atoms with E-state index in [0.717, 1.165) is 5.69 Å². The highest BCUT2D eigenvalue weighted by Crippen LogP contribution is 2.20. The van der Waals surface area contributed by atoms with Crippen molar-refractivity contribution in [1.82, 2.24) is 16.0 Å². The highest BCUT2D eigenvalue weighted by atomic mass is 16.2. The lowest BCUT2D eigenvalue weighted by atomic mass is 10.2. The lowest BCUT2D eigenvalue weighted by molar-refractivity contribution is -0.119. The summed E-state index contributed by atoms with van der Waals surface area (Å²) >= 11 is 0. The van der Waals surface area contributed by atoms with E-state index in [1.807, 2.05) is 30.3 Å². The Bertz CT molecular complexity index is 547. The van der Waals surface area contributed by atoms with Gasteiger partial charge in [-0.3, -0.25) is 9.59 Å². The number of carbonyl (C=O) groups is 3. The van der Waals surface area contributed by atoms with Gasteiger partial charge >= 0.3 is 6.03 Å². The number of benzene rings is 1. The molecule has 7 heteroatoms. The summed E-state index contributed by atoms with van der Waals surface area (Å²) in [4.78, 5) is 36.1. The van der Waals surface area contributed by atoms with Gasteiger partial charge in [-0.2, -0.15) is 0 Å². The molecule has 0 aromatic heterocycles. The maximum atomic E-state index is 12.0. The lowest BCUT2D eigenvalue weighted by Gasteiger charge is -2.17. The third-order valence-corrected chi connectivity index (χ3v) is 3.31. The van der Waals surface area contributed by atoms with Crippen LogP contribution in [0.2, 0.25) is 0 Å². The molecule has 0 spiro atoms. The van der Waals surface area contributed by atoms with Gasteiger partial charge in [0.05, 0.1) is 6.04 Å². The van der Waals surface area contributed by atoms with Crippen molar-refractivity contribution < 1.29 is 14.4 Å². The topological polar surface area (TPSA) is 90.5 Å². The van der Waals surface area contributed by atoms with Gasteiger partial charge < -0.3 is 20.9 Å². The largest absolute Gasteiger partial charge is 0.355 e. The summed E-state index contributed by atoms with van der Waals surface area (Å²) in [5.41, 5.74) is 0.836. The van der Waals surface area contributed by atoms with Crippen LogP contribution in [-0.2, 0) is 9.59 Å². The quantitative estimate of drug-likeness (QED) is 0.680. The number of rotatable bonds is 5. The number of anilines is 1. The number of nitrogens with one attached hydrogen (secondary N) is 3. The lowest BCUT2D eigenvalue weighted by Crippen LogP contribution is -2.45. The molecule has 22 heavy (non-hydrogen) atoms. The fraction of sp³-hybridized carbons (Fsp3) is 0.400. The summed E-state index contributed by atoms with van der Waals surface area (Å²) in [7, 11) is 0. The Kier molecular flexibility index (Phi) is 5.35. The summed E-state index contributed by atoms with van der Waals surface area (Å²) in [6.07, 6.45) is 0.286. The van der Waals surface area contributed by atoms with Gasteiger partial charge in [-0.05, 0) is 12.1 Å². The molecule has 1 atom stereocenters. The number of nitrogens with zero attached hydrogens (tertiary/aromatic N) is 1. The molecule has 2 rings (SSSR count). The number of hydrogen-bond acceptors (Lipinski definition) is 3. The predicted molar refractivity (Wildman–Crippen MR) is 82.4 cm³/mol. The molecule has 0 aliphatic carbocycles. The summed E-state index contributed by atoms with van der Waals surface area (Å²) in [5.74, 6) is -0.142. The van der Waals surface area contributed by atoms with Gasteiger partial charge in [0.25, 0.3) is 0 Å². The van der Waals surface area contributed by atoms with Gasteiger partial charge in [0, 0.05) is 38.7 Å². The molecule has 7 nitrogen and oxygen atoms in total. The second kappa shape index (κ2) is 7.44. The highest BCUT2D eigenvalue weighted by molar-refractivity contribution is 5.96. The van der Waals surface area contributed by atoms with E-state index in [2.05, 4.69) is 16.0 Å². The standard InChI is InChI=1S/C15H20N4O3/c1-11(20)16-7-8-17-15(22)18-12-9-14(21)19(10-12)13-5-3-2-4-6-13/h2-6,12H,7-10H2,1H3,(H,16,20)(H2,17,18,22)/t12-/m1/s1. The van der Waals surface area contributed by atoms with E-state index in [-0.39, 0.29) is 30.3 Å². The maximum absolute atomic E-state index is 12.0. The van der Waals surface area contributed by atoms with Crippen LogP contribution < -0.4 is 20.9 Å². The maximum Gasteiger partial charge on any atom is 0.315 e. The van der Waals surface area contributed by atoms with E-state index >= 15 is 0 Å². The number of amides is 4. The Balaban J connectivity index is 1.77. The zero-order valence-electron chi connectivity index (χ0n) is 12.5. The Morgan fingerprint density at radius 2 is 1.86 bits per heavy atom. The molecule has 1 aliphatic rings. The van der Waals surface area contributed by atoms with Gasteiger partial charge in [-0.15, -0.1) is 0 Å². The van der Waals surface area contributed by atoms with Crippen LogP contribution in [0.4, 0.5) is 10.5 Å².